The number of rotatable bonds is 8. The van der Waals surface area contributed by atoms with Crippen LogP contribution in [0.15, 0.2) is 24.4 Å². The molecule has 3 aromatic rings. The first-order chi connectivity index (χ1) is 16.0. The van der Waals surface area contributed by atoms with Crippen molar-refractivity contribution in [2.24, 2.45) is 0 Å². The first-order valence-electron chi connectivity index (χ1n) is 11.4. The lowest BCUT2D eigenvalue weighted by Crippen LogP contribution is -2.46. The first-order valence-corrected chi connectivity index (χ1v) is 11.4. The van der Waals surface area contributed by atoms with Crippen molar-refractivity contribution in [3.05, 3.63) is 41.3 Å². The second kappa shape index (κ2) is 8.78. The Hall–Kier alpha value is -3.53. The SMILES string of the molecule is CCCCCc1nc(Nc2ccc(C(=O)N3C[C@H]4C[C@@H]3CN4)cn2)nc2[nH]c(C(=O)O)cc12. The Labute approximate surface area is 190 Å². The quantitative estimate of drug-likeness (QED) is 0.386. The van der Waals surface area contributed by atoms with E-state index in [1.807, 2.05) is 4.90 Å². The molecule has 172 valence electrons. The molecular formula is C23H27N7O3. The Bertz CT molecular complexity index is 1190. The normalized spacial score (nSPS) is 19.4. The Balaban J connectivity index is 1.35. The standard InChI is InChI=1S/C23H27N7O3/c1-2-3-4-5-17-16-9-18(22(32)33)26-20(16)29-23(27-17)28-19-7-6-13(10-25-19)21(31)30-12-14-8-15(30)11-24-14/h6-7,9-10,14-15,24H,2-5,8,11-12H2,1H3,(H,32,33)(H2,25,26,27,28,29)/t14-,15-/m1/s1. The number of carboxylic acids is 1. The number of carbonyl (C=O) groups excluding carboxylic acids is 1. The van der Waals surface area contributed by atoms with Crippen LogP contribution >= 0.6 is 0 Å². The molecule has 2 bridgehead atoms. The number of fused-ring (bicyclic) bond motifs is 3. The minimum Gasteiger partial charge on any atom is -0.477 e. The van der Waals surface area contributed by atoms with Gasteiger partial charge in [0.1, 0.15) is 17.2 Å². The number of aromatic nitrogens is 4. The number of anilines is 2. The number of likely N-dealkylation sites (tertiary alicyclic amines) is 1. The molecule has 2 aliphatic rings. The number of H-pyrrole nitrogens is 1. The minimum absolute atomic E-state index is 0.00603. The van der Waals surface area contributed by atoms with Gasteiger partial charge in [0, 0.05) is 36.8 Å². The number of aromatic carboxylic acids is 1. The van der Waals surface area contributed by atoms with E-state index in [1.165, 1.54) is 0 Å². The van der Waals surface area contributed by atoms with Gasteiger partial charge in [-0.1, -0.05) is 19.8 Å². The third kappa shape index (κ3) is 4.25. The molecule has 2 aliphatic heterocycles. The van der Waals surface area contributed by atoms with Crippen LogP contribution in [0.1, 0.15) is 59.1 Å². The third-order valence-electron chi connectivity index (χ3n) is 6.38. The lowest BCUT2D eigenvalue weighted by molar-refractivity contribution is 0.0688. The summed E-state index contributed by atoms with van der Waals surface area (Å²) in [5.74, 6) is -0.181. The summed E-state index contributed by atoms with van der Waals surface area (Å²) in [7, 11) is 0. The smallest absolute Gasteiger partial charge is 0.352 e. The van der Waals surface area contributed by atoms with Crippen molar-refractivity contribution in [1.82, 2.24) is 30.2 Å². The van der Waals surface area contributed by atoms with E-state index < -0.39 is 5.97 Å². The van der Waals surface area contributed by atoms with Crippen LogP contribution in [-0.2, 0) is 6.42 Å². The molecule has 0 aliphatic carbocycles. The number of carbonyl (C=O) groups is 2. The van der Waals surface area contributed by atoms with Crippen LogP contribution in [0, 0.1) is 0 Å². The van der Waals surface area contributed by atoms with Gasteiger partial charge in [-0.3, -0.25) is 4.79 Å². The number of carboxylic acid groups (broad SMARTS) is 1. The molecule has 3 aromatic heterocycles. The molecule has 33 heavy (non-hydrogen) atoms. The zero-order chi connectivity index (χ0) is 22.9. The van der Waals surface area contributed by atoms with Crippen molar-refractivity contribution >= 4 is 34.7 Å². The number of aryl methyl sites for hydroxylation is 1. The Morgan fingerprint density at radius 3 is 2.82 bits per heavy atom. The molecule has 0 radical (unpaired) electrons. The van der Waals surface area contributed by atoms with Gasteiger partial charge in [0.25, 0.3) is 5.91 Å². The molecule has 5 rings (SSSR count). The van der Waals surface area contributed by atoms with Gasteiger partial charge in [0.15, 0.2) is 0 Å². The fraction of sp³-hybridized carbons (Fsp3) is 0.435. The average molecular weight is 450 g/mol. The van der Waals surface area contributed by atoms with E-state index in [4.69, 9.17) is 0 Å². The van der Waals surface area contributed by atoms with Gasteiger partial charge in [0.2, 0.25) is 5.95 Å². The molecule has 0 saturated carbocycles. The Morgan fingerprint density at radius 1 is 1.27 bits per heavy atom. The Kier molecular flexibility index (Phi) is 5.67. The van der Waals surface area contributed by atoms with Crippen molar-refractivity contribution in [2.75, 3.05) is 18.4 Å². The summed E-state index contributed by atoms with van der Waals surface area (Å²) in [6.45, 7) is 3.73. The number of amides is 1. The summed E-state index contributed by atoms with van der Waals surface area (Å²) < 4.78 is 0. The number of hydrogen-bond donors (Lipinski definition) is 4. The van der Waals surface area contributed by atoms with Crippen LogP contribution in [0.5, 0.6) is 0 Å². The molecular weight excluding hydrogens is 422 g/mol. The molecule has 0 spiro atoms. The van der Waals surface area contributed by atoms with Crippen molar-refractivity contribution in [2.45, 2.75) is 51.1 Å². The van der Waals surface area contributed by atoms with Crippen molar-refractivity contribution in [3.8, 4) is 0 Å². The molecule has 1 amide bonds. The summed E-state index contributed by atoms with van der Waals surface area (Å²) in [6.07, 6.45) is 6.42. The second-order valence-electron chi connectivity index (χ2n) is 8.71. The van der Waals surface area contributed by atoms with Gasteiger partial charge >= 0.3 is 5.97 Å². The van der Waals surface area contributed by atoms with Gasteiger partial charge in [-0.05, 0) is 37.5 Å². The lowest BCUT2D eigenvalue weighted by atomic mass is 10.1. The van der Waals surface area contributed by atoms with E-state index in [-0.39, 0.29) is 17.6 Å². The van der Waals surface area contributed by atoms with Gasteiger partial charge in [-0.15, -0.1) is 0 Å². The molecule has 0 aromatic carbocycles. The first kappa shape index (κ1) is 21.3. The highest BCUT2D eigenvalue weighted by Gasteiger charge is 2.40. The Morgan fingerprint density at radius 2 is 2.15 bits per heavy atom. The number of piperazine rings is 1. The molecule has 10 nitrogen and oxygen atoms in total. The van der Waals surface area contributed by atoms with Crippen molar-refractivity contribution < 1.29 is 14.7 Å². The van der Waals surface area contributed by atoms with E-state index in [1.54, 1.807) is 24.4 Å². The van der Waals surface area contributed by atoms with E-state index in [2.05, 4.69) is 37.5 Å². The third-order valence-corrected chi connectivity index (χ3v) is 6.38. The summed E-state index contributed by atoms with van der Waals surface area (Å²) in [5.41, 5.74) is 1.91. The minimum atomic E-state index is -1.04. The van der Waals surface area contributed by atoms with E-state index in [9.17, 15) is 14.7 Å². The highest BCUT2D eigenvalue weighted by atomic mass is 16.4. The van der Waals surface area contributed by atoms with Crippen molar-refractivity contribution in [3.63, 3.8) is 0 Å². The van der Waals surface area contributed by atoms with Crippen LogP contribution < -0.4 is 10.6 Å². The summed E-state index contributed by atoms with van der Waals surface area (Å²) in [5, 5.41) is 16.6. The maximum atomic E-state index is 12.8. The highest BCUT2D eigenvalue weighted by Crippen LogP contribution is 2.26. The predicted molar refractivity (Wildman–Crippen MR) is 123 cm³/mol. The van der Waals surface area contributed by atoms with Gasteiger partial charge < -0.3 is 25.6 Å². The summed E-state index contributed by atoms with van der Waals surface area (Å²) in [6, 6.07) is 5.75. The zero-order valence-corrected chi connectivity index (χ0v) is 18.5. The van der Waals surface area contributed by atoms with Crippen molar-refractivity contribution in [1.29, 1.82) is 0 Å². The summed E-state index contributed by atoms with van der Waals surface area (Å²) in [4.78, 5) is 42.5. The molecule has 10 heteroatoms. The number of nitrogens with one attached hydrogen (secondary N) is 3. The maximum absolute atomic E-state index is 12.8. The molecule has 4 N–H and O–H groups in total. The number of hydrogen-bond acceptors (Lipinski definition) is 7. The lowest BCUT2D eigenvalue weighted by Gasteiger charge is -2.27. The van der Waals surface area contributed by atoms with Gasteiger partial charge in [-0.2, -0.15) is 4.98 Å². The van der Waals surface area contributed by atoms with Crippen LogP contribution in [0.25, 0.3) is 11.0 Å². The average Bonchev–Trinajstić information content (AvgIpc) is 3.55. The second-order valence-corrected chi connectivity index (χ2v) is 8.71. The van der Waals surface area contributed by atoms with Crippen LogP contribution in [0.2, 0.25) is 0 Å². The number of aromatic amines is 1. The van der Waals surface area contributed by atoms with Crippen LogP contribution in [0.4, 0.5) is 11.8 Å². The number of nitrogens with zero attached hydrogens (tertiary/aromatic N) is 4. The molecule has 5 heterocycles. The van der Waals surface area contributed by atoms with Gasteiger partial charge in [0.05, 0.1) is 11.3 Å². The summed E-state index contributed by atoms with van der Waals surface area (Å²) >= 11 is 0. The predicted octanol–water partition coefficient (Wildman–Crippen LogP) is 2.71. The van der Waals surface area contributed by atoms with Crippen LogP contribution in [0.3, 0.4) is 0 Å². The van der Waals surface area contributed by atoms with E-state index in [0.29, 0.717) is 29.0 Å². The fourth-order valence-corrected chi connectivity index (χ4v) is 4.66. The highest BCUT2D eigenvalue weighted by molar-refractivity contribution is 5.95. The van der Waals surface area contributed by atoms with Crippen LogP contribution in [-0.4, -0.2) is 67.0 Å². The number of pyridine rings is 1. The molecule has 2 fully saturated rings. The topological polar surface area (TPSA) is 136 Å². The number of unbranched alkanes of at least 4 members (excludes halogenated alkanes) is 2. The zero-order valence-electron chi connectivity index (χ0n) is 18.5. The van der Waals surface area contributed by atoms with E-state index in [0.717, 1.165) is 56.3 Å². The monoisotopic (exact) mass is 449 g/mol. The molecule has 2 saturated heterocycles. The largest absolute Gasteiger partial charge is 0.477 e. The van der Waals surface area contributed by atoms with E-state index >= 15 is 0 Å². The molecule has 2 atom stereocenters. The fourth-order valence-electron chi connectivity index (χ4n) is 4.66. The maximum Gasteiger partial charge on any atom is 0.352 e. The molecule has 0 unspecified atom stereocenters. The van der Waals surface area contributed by atoms with Gasteiger partial charge in [-0.25, -0.2) is 14.8 Å².